The van der Waals surface area contributed by atoms with Gasteiger partial charge in [-0.05, 0) is 90.4 Å². The molecule has 0 spiro atoms. The van der Waals surface area contributed by atoms with Gasteiger partial charge in [0, 0.05) is 39.0 Å². The lowest BCUT2D eigenvalue weighted by molar-refractivity contribution is -0.384. The van der Waals surface area contributed by atoms with Crippen LogP contribution in [0.3, 0.4) is 0 Å². The molecule has 0 saturated carbocycles. The fraction of sp³-hybridized carbons (Fsp3) is 0.0645. The molecule has 37 heavy (non-hydrogen) atoms. The van der Waals surface area contributed by atoms with E-state index in [4.69, 9.17) is 0 Å². The van der Waals surface area contributed by atoms with Gasteiger partial charge in [-0.25, -0.2) is 0 Å². The standard InChI is InChI=1S/C31H23N3O2S/c1-21-17-26(19-27(20-32)25-8-7-23-5-3-4-6-24(23)18-25)22(2)33(21)28-9-13-30(14-10-28)37-31-15-11-29(12-16-31)34(35)36/h3-19H,1-2H3/b27-19-. The first kappa shape index (κ1) is 24.1. The van der Waals surface area contributed by atoms with Crippen molar-refractivity contribution in [2.75, 3.05) is 0 Å². The maximum absolute atomic E-state index is 10.9. The Morgan fingerprint density at radius 2 is 1.54 bits per heavy atom. The minimum Gasteiger partial charge on any atom is -0.318 e. The number of aromatic nitrogens is 1. The summed E-state index contributed by atoms with van der Waals surface area (Å²) < 4.78 is 2.18. The molecule has 0 aliphatic rings. The van der Waals surface area contributed by atoms with Gasteiger partial charge in [0.25, 0.3) is 5.69 Å². The zero-order valence-electron chi connectivity index (χ0n) is 20.4. The molecule has 0 atom stereocenters. The van der Waals surface area contributed by atoms with Crippen LogP contribution in [0.25, 0.3) is 28.1 Å². The van der Waals surface area contributed by atoms with Crippen LogP contribution < -0.4 is 0 Å². The molecule has 5 nitrogen and oxygen atoms in total. The highest BCUT2D eigenvalue weighted by Gasteiger charge is 2.12. The SMILES string of the molecule is Cc1cc(/C=C(/C#N)c2ccc3ccccc3c2)c(C)n1-c1ccc(Sc2ccc([N+](=O)[O-])cc2)cc1. The number of allylic oxidation sites excluding steroid dienone is 1. The number of nitriles is 1. The minimum atomic E-state index is -0.393. The largest absolute Gasteiger partial charge is 0.318 e. The van der Waals surface area contributed by atoms with Crippen molar-refractivity contribution in [1.82, 2.24) is 4.57 Å². The Bertz CT molecular complexity index is 1690. The second-order valence-corrected chi connectivity index (χ2v) is 9.89. The van der Waals surface area contributed by atoms with Crippen LogP contribution in [0.5, 0.6) is 0 Å². The van der Waals surface area contributed by atoms with E-state index in [2.05, 4.69) is 66.9 Å². The highest BCUT2D eigenvalue weighted by atomic mass is 32.2. The van der Waals surface area contributed by atoms with Gasteiger partial charge in [-0.3, -0.25) is 10.1 Å². The first-order valence-electron chi connectivity index (χ1n) is 11.8. The normalized spacial score (nSPS) is 11.4. The molecule has 180 valence electrons. The number of nitro benzene ring substituents is 1. The third kappa shape index (κ3) is 5.04. The summed E-state index contributed by atoms with van der Waals surface area (Å²) in [5.41, 5.74) is 5.79. The predicted octanol–water partition coefficient (Wildman–Crippen LogP) is 8.37. The summed E-state index contributed by atoms with van der Waals surface area (Å²) in [4.78, 5) is 12.5. The van der Waals surface area contributed by atoms with Crippen molar-refractivity contribution >= 4 is 39.9 Å². The van der Waals surface area contributed by atoms with Crippen LogP contribution in [-0.4, -0.2) is 9.49 Å². The molecule has 0 N–H and O–H groups in total. The lowest BCUT2D eigenvalue weighted by Crippen LogP contribution is -1.98. The third-order valence-corrected chi connectivity index (χ3v) is 7.34. The molecule has 0 unspecified atom stereocenters. The van der Waals surface area contributed by atoms with Crippen molar-refractivity contribution in [3.63, 3.8) is 0 Å². The van der Waals surface area contributed by atoms with Crippen molar-refractivity contribution < 1.29 is 4.92 Å². The number of hydrogen-bond donors (Lipinski definition) is 0. The molecule has 5 aromatic rings. The van der Waals surface area contributed by atoms with E-state index in [0.29, 0.717) is 5.57 Å². The first-order chi connectivity index (χ1) is 17.9. The lowest BCUT2D eigenvalue weighted by Gasteiger charge is -2.11. The van der Waals surface area contributed by atoms with E-state index in [1.54, 1.807) is 23.9 Å². The molecular formula is C31H23N3O2S. The van der Waals surface area contributed by atoms with Gasteiger partial charge >= 0.3 is 0 Å². The molecule has 0 saturated heterocycles. The van der Waals surface area contributed by atoms with Gasteiger partial charge in [-0.1, -0.05) is 48.2 Å². The molecule has 6 heteroatoms. The molecule has 0 radical (unpaired) electrons. The van der Waals surface area contributed by atoms with Crippen molar-refractivity contribution in [3.05, 3.63) is 130 Å². The number of fused-ring (bicyclic) bond motifs is 1. The van der Waals surface area contributed by atoms with Crippen molar-refractivity contribution in [2.24, 2.45) is 0 Å². The maximum atomic E-state index is 10.9. The lowest BCUT2D eigenvalue weighted by atomic mass is 10.0. The monoisotopic (exact) mass is 501 g/mol. The zero-order chi connectivity index (χ0) is 25.9. The Morgan fingerprint density at radius 3 is 2.19 bits per heavy atom. The molecule has 0 amide bonds. The van der Waals surface area contributed by atoms with E-state index in [1.165, 1.54) is 12.1 Å². The summed E-state index contributed by atoms with van der Waals surface area (Å²) in [5, 5.41) is 23.1. The molecule has 0 bridgehead atoms. The van der Waals surface area contributed by atoms with Crippen LogP contribution in [0, 0.1) is 35.3 Å². The Balaban J connectivity index is 1.41. The van der Waals surface area contributed by atoms with Crippen LogP contribution in [0.15, 0.2) is 107 Å². The Hall–Kier alpha value is -4.60. The quantitative estimate of drug-likeness (QED) is 0.133. The number of nitrogens with zero attached hydrogens (tertiary/aromatic N) is 3. The van der Waals surface area contributed by atoms with Gasteiger partial charge in [0.05, 0.1) is 16.6 Å². The molecule has 5 rings (SSSR count). The average molecular weight is 502 g/mol. The van der Waals surface area contributed by atoms with Crippen LogP contribution >= 0.6 is 11.8 Å². The molecule has 0 aliphatic heterocycles. The van der Waals surface area contributed by atoms with Gasteiger partial charge in [0.1, 0.15) is 0 Å². The van der Waals surface area contributed by atoms with E-state index in [-0.39, 0.29) is 5.69 Å². The minimum absolute atomic E-state index is 0.0864. The highest BCUT2D eigenvalue weighted by Crippen LogP contribution is 2.31. The van der Waals surface area contributed by atoms with Crippen molar-refractivity contribution in [2.45, 2.75) is 23.6 Å². The van der Waals surface area contributed by atoms with E-state index in [9.17, 15) is 15.4 Å². The Morgan fingerprint density at radius 1 is 0.892 bits per heavy atom. The zero-order valence-corrected chi connectivity index (χ0v) is 21.2. The molecule has 1 heterocycles. The maximum Gasteiger partial charge on any atom is 0.269 e. The molecule has 1 aromatic heterocycles. The van der Waals surface area contributed by atoms with Crippen molar-refractivity contribution in [3.8, 4) is 11.8 Å². The van der Waals surface area contributed by atoms with Gasteiger partial charge in [-0.15, -0.1) is 0 Å². The van der Waals surface area contributed by atoms with Crippen LogP contribution in [-0.2, 0) is 0 Å². The smallest absolute Gasteiger partial charge is 0.269 e. The van der Waals surface area contributed by atoms with Crippen LogP contribution in [0.4, 0.5) is 5.69 Å². The van der Waals surface area contributed by atoms with Gasteiger partial charge in [0.15, 0.2) is 0 Å². The van der Waals surface area contributed by atoms with Gasteiger partial charge < -0.3 is 4.57 Å². The van der Waals surface area contributed by atoms with E-state index < -0.39 is 4.92 Å². The predicted molar refractivity (Wildman–Crippen MR) is 150 cm³/mol. The fourth-order valence-corrected chi connectivity index (χ4v) is 5.28. The van der Waals surface area contributed by atoms with Crippen LogP contribution in [0.2, 0.25) is 0 Å². The highest BCUT2D eigenvalue weighted by molar-refractivity contribution is 7.99. The summed E-state index contributed by atoms with van der Waals surface area (Å²) in [6.07, 6.45) is 1.96. The number of benzene rings is 4. The van der Waals surface area contributed by atoms with E-state index in [1.807, 2.05) is 36.4 Å². The number of non-ortho nitro benzene ring substituents is 1. The van der Waals surface area contributed by atoms with Gasteiger partial charge in [0.2, 0.25) is 0 Å². The molecule has 0 aliphatic carbocycles. The number of nitro groups is 1. The summed E-state index contributed by atoms with van der Waals surface area (Å²) >= 11 is 1.56. The number of aryl methyl sites for hydroxylation is 1. The number of hydrogen-bond acceptors (Lipinski definition) is 4. The number of rotatable bonds is 6. The molecular weight excluding hydrogens is 478 g/mol. The first-order valence-corrected chi connectivity index (χ1v) is 12.6. The summed E-state index contributed by atoms with van der Waals surface area (Å²) in [7, 11) is 0. The third-order valence-electron chi connectivity index (χ3n) is 6.33. The fourth-order valence-electron chi connectivity index (χ4n) is 4.46. The average Bonchev–Trinajstić information content (AvgIpc) is 3.20. The topological polar surface area (TPSA) is 71.9 Å². The molecule has 4 aromatic carbocycles. The second kappa shape index (κ2) is 10.2. The summed E-state index contributed by atoms with van der Waals surface area (Å²) in [6, 6.07) is 33.5. The molecule has 0 fully saturated rings. The summed E-state index contributed by atoms with van der Waals surface area (Å²) in [5.74, 6) is 0. The van der Waals surface area contributed by atoms with E-state index in [0.717, 1.165) is 48.8 Å². The van der Waals surface area contributed by atoms with Crippen molar-refractivity contribution in [1.29, 1.82) is 5.26 Å². The van der Waals surface area contributed by atoms with E-state index >= 15 is 0 Å². The van der Waals surface area contributed by atoms with Gasteiger partial charge in [-0.2, -0.15) is 5.26 Å². The second-order valence-electron chi connectivity index (χ2n) is 8.74. The Labute approximate surface area is 219 Å². The summed E-state index contributed by atoms with van der Waals surface area (Å²) in [6.45, 7) is 4.12. The Kier molecular flexibility index (Phi) is 6.63. The van der Waals surface area contributed by atoms with Crippen LogP contribution in [0.1, 0.15) is 22.5 Å².